The molecular weight excluding hydrogens is 576 g/mol. The maximum atomic E-state index is 12.9. The topological polar surface area (TPSA) is 238 Å². The predicted molar refractivity (Wildman–Crippen MR) is 143 cm³/mol. The summed E-state index contributed by atoms with van der Waals surface area (Å²) in [6, 6.07) is 8.47. The molecule has 0 radical (unpaired) electrons. The van der Waals surface area contributed by atoms with Gasteiger partial charge in [0.2, 0.25) is 17.5 Å². The van der Waals surface area contributed by atoms with Gasteiger partial charge in [-0.15, -0.1) is 0 Å². The lowest BCUT2D eigenvalue weighted by Gasteiger charge is -2.42. The van der Waals surface area contributed by atoms with Crippen molar-refractivity contribution in [2.24, 2.45) is 0 Å². The van der Waals surface area contributed by atoms with Gasteiger partial charge in [-0.3, -0.25) is 4.79 Å². The molecule has 15 heteroatoms. The summed E-state index contributed by atoms with van der Waals surface area (Å²) >= 11 is 0. The molecule has 0 aliphatic carbocycles. The zero-order valence-electron chi connectivity index (χ0n) is 22.9. The Balaban J connectivity index is 1.37. The van der Waals surface area contributed by atoms with Crippen LogP contribution in [0.3, 0.4) is 0 Å². The normalized spacial score (nSPS) is 32.9. The van der Waals surface area contributed by atoms with Crippen molar-refractivity contribution in [1.82, 2.24) is 0 Å². The van der Waals surface area contributed by atoms with Crippen molar-refractivity contribution < 1.29 is 69.0 Å². The molecular formula is C28H32O15. The first kappa shape index (κ1) is 30.9. The monoisotopic (exact) mass is 608 g/mol. The van der Waals surface area contributed by atoms with Crippen LogP contribution in [-0.2, 0) is 14.2 Å². The molecule has 2 aliphatic heterocycles. The van der Waals surface area contributed by atoms with E-state index in [1.807, 2.05) is 0 Å². The minimum absolute atomic E-state index is 0.177. The smallest absolute Gasteiger partial charge is 0.238 e. The Morgan fingerprint density at radius 3 is 2.12 bits per heavy atom. The number of aliphatic hydroxyl groups excluding tert-OH is 6. The van der Waals surface area contributed by atoms with Crippen molar-refractivity contribution in [2.45, 2.75) is 68.3 Å². The molecule has 10 atom stereocenters. The molecule has 0 saturated carbocycles. The van der Waals surface area contributed by atoms with Crippen molar-refractivity contribution in [3.05, 3.63) is 46.6 Å². The van der Waals surface area contributed by atoms with Gasteiger partial charge in [-0.25, -0.2) is 0 Å². The summed E-state index contributed by atoms with van der Waals surface area (Å²) in [4.78, 5) is 12.9. The minimum atomic E-state index is -1.79. The van der Waals surface area contributed by atoms with Gasteiger partial charge in [-0.05, 0) is 31.2 Å². The van der Waals surface area contributed by atoms with E-state index >= 15 is 0 Å². The van der Waals surface area contributed by atoms with E-state index < -0.39 is 84.9 Å². The first-order valence-electron chi connectivity index (χ1n) is 13.3. The SMILES string of the molecule is COc1ccc(-c2oc3cc(OC4OC(COC5OC(C)C(O)C(O)C5O)C(O)C(O)C4O)cc(O)c3c(=O)c2O)cc1. The first-order valence-corrected chi connectivity index (χ1v) is 13.3. The highest BCUT2D eigenvalue weighted by molar-refractivity contribution is 5.88. The Hall–Kier alpha value is -3.51. The number of phenols is 1. The highest BCUT2D eigenvalue weighted by atomic mass is 16.7. The van der Waals surface area contributed by atoms with Gasteiger partial charge in [0.05, 0.1) is 19.8 Å². The number of fused-ring (bicyclic) bond motifs is 1. The Morgan fingerprint density at radius 2 is 1.44 bits per heavy atom. The molecule has 0 amide bonds. The van der Waals surface area contributed by atoms with Crippen LogP contribution in [0.1, 0.15) is 6.92 Å². The van der Waals surface area contributed by atoms with Crippen molar-refractivity contribution in [2.75, 3.05) is 13.7 Å². The molecule has 15 nitrogen and oxygen atoms in total. The minimum Gasteiger partial charge on any atom is -0.507 e. The van der Waals surface area contributed by atoms with Crippen LogP contribution in [-0.4, -0.2) is 116 Å². The summed E-state index contributed by atoms with van der Waals surface area (Å²) in [6.45, 7) is 0.943. The quantitative estimate of drug-likeness (QED) is 0.159. The summed E-state index contributed by atoms with van der Waals surface area (Å²) < 4.78 is 32.9. The van der Waals surface area contributed by atoms with Gasteiger partial charge >= 0.3 is 0 Å². The molecule has 2 aliphatic rings. The molecule has 5 rings (SSSR count). The second-order valence-electron chi connectivity index (χ2n) is 10.3. The molecule has 10 unspecified atom stereocenters. The van der Waals surface area contributed by atoms with Gasteiger partial charge in [-0.1, -0.05) is 0 Å². The lowest BCUT2D eigenvalue weighted by atomic mass is 9.98. The largest absolute Gasteiger partial charge is 0.507 e. The number of ether oxygens (including phenoxy) is 5. The fourth-order valence-electron chi connectivity index (χ4n) is 4.90. The Morgan fingerprint density at radius 1 is 0.791 bits per heavy atom. The van der Waals surface area contributed by atoms with E-state index in [1.54, 1.807) is 24.3 Å². The molecule has 43 heavy (non-hydrogen) atoms. The van der Waals surface area contributed by atoms with Crippen molar-refractivity contribution in [3.8, 4) is 34.3 Å². The van der Waals surface area contributed by atoms with Crippen LogP contribution in [0.5, 0.6) is 23.0 Å². The molecule has 2 saturated heterocycles. The van der Waals surface area contributed by atoms with Gasteiger partial charge in [-0.2, -0.15) is 0 Å². The van der Waals surface area contributed by atoms with Crippen molar-refractivity contribution in [3.63, 3.8) is 0 Å². The maximum absolute atomic E-state index is 12.9. The van der Waals surface area contributed by atoms with Crippen LogP contribution in [0.15, 0.2) is 45.6 Å². The second-order valence-corrected chi connectivity index (χ2v) is 10.3. The molecule has 1 aromatic heterocycles. The summed E-state index contributed by atoms with van der Waals surface area (Å²) in [7, 11) is 1.47. The lowest BCUT2D eigenvalue weighted by molar-refractivity contribution is -0.318. The second kappa shape index (κ2) is 12.2. The summed E-state index contributed by atoms with van der Waals surface area (Å²) in [6.07, 6.45) is -15.1. The number of methoxy groups -OCH3 is 1. The highest BCUT2D eigenvalue weighted by Crippen LogP contribution is 2.37. The average Bonchev–Trinajstić information content (AvgIpc) is 2.99. The summed E-state index contributed by atoms with van der Waals surface area (Å²) in [5.41, 5.74) is -0.773. The van der Waals surface area contributed by atoms with Gasteiger partial charge in [0.15, 0.2) is 12.1 Å². The highest BCUT2D eigenvalue weighted by Gasteiger charge is 2.47. The van der Waals surface area contributed by atoms with Crippen LogP contribution in [0.2, 0.25) is 0 Å². The Labute approximate surface area is 243 Å². The van der Waals surface area contributed by atoms with Gasteiger partial charge in [0.1, 0.15) is 70.9 Å². The summed E-state index contributed by atoms with van der Waals surface area (Å²) in [5.74, 6) is -1.21. The van der Waals surface area contributed by atoms with E-state index in [4.69, 9.17) is 28.1 Å². The van der Waals surface area contributed by atoms with Gasteiger partial charge in [0, 0.05) is 17.7 Å². The number of benzene rings is 2. The number of aliphatic hydroxyl groups is 6. The molecule has 0 bridgehead atoms. The number of aromatic hydroxyl groups is 2. The number of phenolic OH excluding ortho intramolecular Hbond substituents is 1. The van der Waals surface area contributed by atoms with E-state index in [1.165, 1.54) is 20.1 Å². The van der Waals surface area contributed by atoms with E-state index in [0.717, 1.165) is 6.07 Å². The van der Waals surface area contributed by atoms with Crippen molar-refractivity contribution in [1.29, 1.82) is 0 Å². The van der Waals surface area contributed by atoms with E-state index in [-0.39, 0.29) is 22.5 Å². The fraction of sp³-hybridized carbons (Fsp3) is 0.464. The molecule has 2 aromatic carbocycles. The van der Waals surface area contributed by atoms with Crippen molar-refractivity contribution >= 4 is 11.0 Å². The Kier molecular flexibility index (Phi) is 8.80. The molecule has 8 N–H and O–H groups in total. The fourth-order valence-corrected chi connectivity index (χ4v) is 4.90. The van der Waals surface area contributed by atoms with Gasteiger partial charge in [0.25, 0.3) is 0 Å². The first-order chi connectivity index (χ1) is 20.4. The van der Waals surface area contributed by atoms with Crippen LogP contribution in [0.25, 0.3) is 22.3 Å². The summed E-state index contributed by atoms with van der Waals surface area (Å²) in [5, 5.41) is 82.2. The lowest BCUT2D eigenvalue weighted by Crippen LogP contribution is -2.61. The number of hydrogen-bond donors (Lipinski definition) is 8. The third kappa shape index (κ3) is 5.86. The standard InChI is InChI=1S/C28H32O15/c1-10-18(30)21(33)24(36)27(40-10)39-9-16-19(31)22(34)25(37)28(43-16)41-13-7-14(29)17-15(8-13)42-26(23(35)20(17)32)11-3-5-12(38-2)6-4-11/h3-8,10,16,18-19,21-22,24-25,27-31,33-37H,9H2,1-2H3. The molecule has 2 fully saturated rings. The van der Waals surface area contributed by atoms with Crippen LogP contribution >= 0.6 is 0 Å². The third-order valence-electron chi connectivity index (χ3n) is 7.43. The molecule has 3 heterocycles. The average molecular weight is 609 g/mol. The number of hydrogen-bond acceptors (Lipinski definition) is 15. The predicted octanol–water partition coefficient (Wildman–Crippen LogP) is -1.09. The zero-order chi connectivity index (χ0) is 31.2. The van der Waals surface area contributed by atoms with E-state index in [2.05, 4.69) is 0 Å². The zero-order valence-corrected chi connectivity index (χ0v) is 22.9. The molecule has 234 valence electrons. The van der Waals surface area contributed by atoms with E-state index in [9.17, 15) is 45.6 Å². The van der Waals surface area contributed by atoms with Crippen LogP contribution in [0.4, 0.5) is 0 Å². The van der Waals surface area contributed by atoms with Gasteiger partial charge < -0.3 is 69.0 Å². The van der Waals surface area contributed by atoms with Crippen LogP contribution < -0.4 is 14.9 Å². The number of rotatable bonds is 7. The third-order valence-corrected chi connectivity index (χ3v) is 7.43. The molecule has 0 spiro atoms. The maximum Gasteiger partial charge on any atom is 0.238 e. The molecule has 3 aromatic rings. The van der Waals surface area contributed by atoms with Crippen LogP contribution in [0, 0.1) is 0 Å². The van der Waals surface area contributed by atoms with E-state index in [0.29, 0.717) is 11.3 Å². The Bertz CT molecular complexity index is 1490.